The molecule has 0 bridgehead atoms. The van der Waals surface area contributed by atoms with Crippen molar-refractivity contribution >= 4 is 22.1 Å². The number of methoxy groups -OCH3 is 1. The zero-order chi connectivity index (χ0) is 19.5. The highest BCUT2D eigenvalue weighted by molar-refractivity contribution is 5.91. The molecule has 144 valence electrons. The third kappa shape index (κ3) is 3.64. The molecule has 0 unspecified atom stereocenters. The van der Waals surface area contributed by atoms with Gasteiger partial charge in [-0.15, -0.1) is 0 Å². The highest BCUT2D eigenvalue weighted by atomic mass is 16.6. The average Bonchev–Trinajstić information content (AvgIpc) is 2.74. The van der Waals surface area contributed by atoms with Crippen molar-refractivity contribution in [2.75, 3.05) is 38.2 Å². The molecule has 3 aromatic rings. The molecule has 0 spiro atoms. The molecular weight excluding hydrogens is 354 g/mol. The zero-order valence-corrected chi connectivity index (χ0v) is 15.9. The van der Waals surface area contributed by atoms with E-state index in [1.807, 2.05) is 24.3 Å². The van der Waals surface area contributed by atoms with E-state index in [-0.39, 0.29) is 10.6 Å². The number of ether oxygens (including phenoxy) is 1. The van der Waals surface area contributed by atoms with E-state index < -0.39 is 0 Å². The lowest BCUT2D eigenvalue weighted by atomic mass is 10.0. The monoisotopic (exact) mass is 377 g/mol. The Morgan fingerprint density at radius 3 is 2.25 bits per heavy atom. The van der Waals surface area contributed by atoms with Gasteiger partial charge in [0.05, 0.1) is 12.0 Å². The Morgan fingerprint density at radius 2 is 1.61 bits per heavy atom. The van der Waals surface area contributed by atoms with Gasteiger partial charge in [-0.2, -0.15) is 0 Å². The Labute approximate surface area is 164 Å². The Bertz CT molecular complexity index is 980. The van der Waals surface area contributed by atoms with E-state index in [1.165, 1.54) is 10.9 Å². The summed E-state index contributed by atoms with van der Waals surface area (Å²) in [5.41, 5.74) is 2.48. The summed E-state index contributed by atoms with van der Waals surface area (Å²) in [6.07, 6.45) is 0. The number of nitrogens with zero attached hydrogens (tertiary/aromatic N) is 3. The predicted octanol–water partition coefficient (Wildman–Crippen LogP) is 4.08. The number of anilines is 1. The van der Waals surface area contributed by atoms with Crippen LogP contribution in [0.4, 0.5) is 11.4 Å². The Morgan fingerprint density at radius 1 is 0.929 bits per heavy atom. The van der Waals surface area contributed by atoms with E-state index in [9.17, 15) is 10.1 Å². The van der Waals surface area contributed by atoms with Crippen LogP contribution in [0.3, 0.4) is 0 Å². The van der Waals surface area contributed by atoms with Crippen LogP contribution in [0.25, 0.3) is 10.8 Å². The number of rotatable bonds is 5. The molecule has 3 aromatic carbocycles. The molecule has 28 heavy (non-hydrogen) atoms. The maximum atomic E-state index is 10.8. The highest BCUT2D eigenvalue weighted by Crippen LogP contribution is 2.29. The Hall–Kier alpha value is -3.12. The van der Waals surface area contributed by atoms with Gasteiger partial charge < -0.3 is 9.64 Å². The molecule has 1 aliphatic rings. The van der Waals surface area contributed by atoms with Crippen LogP contribution in [-0.2, 0) is 6.54 Å². The third-order valence-corrected chi connectivity index (χ3v) is 5.39. The quantitative estimate of drug-likeness (QED) is 0.495. The van der Waals surface area contributed by atoms with Crippen LogP contribution in [0.2, 0.25) is 0 Å². The van der Waals surface area contributed by atoms with Crippen molar-refractivity contribution in [1.82, 2.24) is 4.90 Å². The lowest BCUT2D eigenvalue weighted by Crippen LogP contribution is -2.45. The van der Waals surface area contributed by atoms with Crippen LogP contribution in [0, 0.1) is 10.1 Å². The van der Waals surface area contributed by atoms with Crippen molar-refractivity contribution in [3.05, 3.63) is 76.3 Å². The first-order valence-electron chi connectivity index (χ1n) is 9.42. The lowest BCUT2D eigenvalue weighted by Gasteiger charge is -2.36. The van der Waals surface area contributed by atoms with Crippen LogP contribution in [0.5, 0.6) is 5.75 Å². The summed E-state index contributed by atoms with van der Waals surface area (Å²) >= 11 is 0. The molecule has 4 rings (SSSR count). The molecule has 0 aromatic heterocycles. The van der Waals surface area contributed by atoms with E-state index in [1.54, 1.807) is 19.2 Å². The normalized spacial score (nSPS) is 15.0. The molecule has 0 atom stereocenters. The first kappa shape index (κ1) is 18.3. The second-order valence-electron chi connectivity index (χ2n) is 7.01. The smallest absolute Gasteiger partial charge is 0.269 e. The van der Waals surface area contributed by atoms with Gasteiger partial charge in [-0.25, -0.2) is 0 Å². The molecule has 1 fully saturated rings. The summed E-state index contributed by atoms with van der Waals surface area (Å²) in [6.45, 7) is 4.63. The molecule has 6 nitrogen and oxygen atoms in total. The lowest BCUT2D eigenvalue weighted by molar-refractivity contribution is -0.384. The first-order chi connectivity index (χ1) is 13.7. The summed E-state index contributed by atoms with van der Waals surface area (Å²) in [5, 5.41) is 13.2. The highest BCUT2D eigenvalue weighted by Gasteiger charge is 2.19. The van der Waals surface area contributed by atoms with Gasteiger partial charge in [0, 0.05) is 55.9 Å². The SMILES string of the molecule is COc1ccc(CN2CCN(c3ccc([N+](=O)[O-])cc3)CC2)c2ccccc12. The van der Waals surface area contributed by atoms with E-state index in [0.717, 1.165) is 49.5 Å². The number of fused-ring (bicyclic) bond motifs is 1. The van der Waals surface area contributed by atoms with Crippen molar-refractivity contribution in [3.63, 3.8) is 0 Å². The van der Waals surface area contributed by atoms with Gasteiger partial charge in [0.2, 0.25) is 0 Å². The van der Waals surface area contributed by atoms with Gasteiger partial charge in [0.15, 0.2) is 0 Å². The number of hydrogen-bond donors (Lipinski definition) is 0. The first-order valence-corrected chi connectivity index (χ1v) is 9.42. The average molecular weight is 377 g/mol. The molecule has 0 amide bonds. The zero-order valence-electron chi connectivity index (χ0n) is 15.9. The van der Waals surface area contributed by atoms with Crippen LogP contribution in [0.15, 0.2) is 60.7 Å². The van der Waals surface area contributed by atoms with Crippen LogP contribution < -0.4 is 9.64 Å². The summed E-state index contributed by atoms with van der Waals surface area (Å²) in [7, 11) is 1.71. The molecule has 0 radical (unpaired) electrons. The standard InChI is InChI=1S/C22H23N3O3/c1-28-22-11-6-17(20-4-2-3-5-21(20)22)16-23-12-14-24(15-13-23)18-7-9-19(10-8-18)25(26)27/h2-11H,12-16H2,1H3. The molecular formula is C22H23N3O3. The molecule has 0 saturated carbocycles. The number of hydrogen-bond acceptors (Lipinski definition) is 5. The van der Waals surface area contributed by atoms with Crippen molar-refractivity contribution in [3.8, 4) is 5.75 Å². The summed E-state index contributed by atoms with van der Waals surface area (Å²) < 4.78 is 5.50. The topological polar surface area (TPSA) is 58.8 Å². The van der Waals surface area contributed by atoms with Gasteiger partial charge in [-0.3, -0.25) is 15.0 Å². The molecule has 0 N–H and O–H groups in total. The van der Waals surface area contributed by atoms with Crippen molar-refractivity contribution in [2.45, 2.75) is 6.54 Å². The number of nitro groups is 1. The third-order valence-electron chi connectivity index (χ3n) is 5.39. The second kappa shape index (κ2) is 7.86. The predicted molar refractivity (Wildman–Crippen MR) is 111 cm³/mol. The van der Waals surface area contributed by atoms with Gasteiger partial charge in [-0.1, -0.05) is 30.3 Å². The fourth-order valence-corrected chi connectivity index (χ4v) is 3.84. The molecule has 1 saturated heterocycles. The van der Waals surface area contributed by atoms with Crippen LogP contribution in [-0.4, -0.2) is 43.1 Å². The van der Waals surface area contributed by atoms with Crippen molar-refractivity contribution in [2.24, 2.45) is 0 Å². The summed E-state index contributed by atoms with van der Waals surface area (Å²) in [5.74, 6) is 0.905. The minimum absolute atomic E-state index is 0.133. The van der Waals surface area contributed by atoms with Crippen LogP contribution >= 0.6 is 0 Å². The van der Waals surface area contributed by atoms with E-state index in [2.05, 4.69) is 34.1 Å². The minimum atomic E-state index is -0.360. The minimum Gasteiger partial charge on any atom is -0.496 e. The van der Waals surface area contributed by atoms with Gasteiger partial charge in [0.1, 0.15) is 5.75 Å². The van der Waals surface area contributed by atoms with Gasteiger partial charge in [0.25, 0.3) is 5.69 Å². The molecule has 1 aliphatic heterocycles. The van der Waals surface area contributed by atoms with Crippen LogP contribution in [0.1, 0.15) is 5.56 Å². The van der Waals surface area contributed by atoms with Crippen molar-refractivity contribution in [1.29, 1.82) is 0 Å². The Kier molecular flexibility index (Phi) is 5.12. The van der Waals surface area contributed by atoms with E-state index >= 15 is 0 Å². The maximum absolute atomic E-state index is 10.8. The Balaban J connectivity index is 1.44. The maximum Gasteiger partial charge on any atom is 0.269 e. The molecule has 0 aliphatic carbocycles. The number of benzene rings is 3. The van der Waals surface area contributed by atoms with Crippen molar-refractivity contribution < 1.29 is 9.66 Å². The van der Waals surface area contributed by atoms with E-state index in [4.69, 9.17) is 4.74 Å². The van der Waals surface area contributed by atoms with Gasteiger partial charge >= 0.3 is 0 Å². The summed E-state index contributed by atoms with van der Waals surface area (Å²) in [4.78, 5) is 15.2. The second-order valence-corrected chi connectivity index (χ2v) is 7.01. The van der Waals surface area contributed by atoms with E-state index in [0.29, 0.717) is 0 Å². The number of non-ortho nitro benzene ring substituents is 1. The number of piperazine rings is 1. The number of nitro benzene ring substituents is 1. The molecule has 1 heterocycles. The summed E-state index contributed by atoms with van der Waals surface area (Å²) in [6, 6.07) is 19.4. The molecule has 6 heteroatoms. The fourth-order valence-electron chi connectivity index (χ4n) is 3.84. The van der Waals surface area contributed by atoms with Gasteiger partial charge in [-0.05, 0) is 29.1 Å². The fraction of sp³-hybridized carbons (Fsp3) is 0.273. The largest absolute Gasteiger partial charge is 0.496 e.